The third kappa shape index (κ3) is 5.18. The van der Waals surface area contributed by atoms with Gasteiger partial charge in [-0.1, -0.05) is 17.8 Å². The second kappa shape index (κ2) is 8.83. The molecular formula is C18H18N4O3S2. The monoisotopic (exact) mass is 402 g/mol. The molecule has 2 amide bonds. The van der Waals surface area contributed by atoms with Crippen LogP contribution in [-0.4, -0.2) is 35.1 Å². The first kappa shape index (κ1) is 19.1. The fourth-order valence-corrected chi connectivity index (χ4v) is 3.89. The molecule has 0 aliphatic carbocycles. The Bertz CT molecular complexity index is 877. The number of methoxy groups -OCH3 is 1. The van der Waals surface area contributed by atoms with Gasteiger partial charge in [0.25, 0.3) is 0 Å². The summed E-state index contributed by atoms with van der Waals surface area (Å²) in [6.45, 7) is 1.86. The van der Waals surface area contributed by atoms with Gasteiger partial charge in [-0.25, -0.2) is 0 Å². The van der Waals surface area contributed by atoms with E-state index in [1.807, 2.05) is 24.4 Å². The van der Waals surface area contributed by atoms with Gasteiger partial charge < -0.3 is 15.4 Å². The Labute approximate surface area is 164 Å². The Balaban J connectivity index is 1.56. The molecule has 1 aromatic carbocycles. The van der Waals surface area contributed by atoms with Crippen LogP contribution in [-0.2, 0) is 9.59 Å². The molecule has 2 heterocycles. The number of amidine groups is 1. The standard InChI is InChI=1S/C18H18N4O3S2/c1-11(14-4-3-9-26-14)21-22-18-20-17(24)15(27-18)10-16(23)19-12-5-7-13(25-2)8-6-12/h3-9,15H,10H2,1-2H3,(H,19,23)(H,20,22,24)/b21-11-/t15-/m0/s1. The maximum Gasteiger partial charge on any atom is 0.240 e. The molecule has 1 aliphatic rings. The molecule has 140 valence electrons. The number of hydrogen-bond acceptors (Lipinski definition) is 7. The molecule has 1 fully saturated rings. The topological polar surface area (TPSA) is 92.2 Å². The summed E-state index contributed by atoms with van der Waals surface area (Å²) in [5.74, 6) is 0.220. The minimum absolute atomic E-state index is 0.0508. The number of hydrogen-bond donors (Lipinski definition) is 2. The second-order valence-electron chi connectivity index (χ2n) is 5.64. The summed E-state index contributed by atoms with van der Waals surface area (Å²) < 4.78 is 5.08. The summed E-state index contributed by atoms with van der Waals surface area (Å²) >= 11 is 2.78. The maximum absolute atomic E-state index is 12.2. The lowest BCUT2D eigenvalue weighted by Crippen LogP contribution is -2.28. The lowest BCUT2D eigenvalue weighted by Gasteiger charge is -2.08. The van der Waals surface area contributed by atoms with Crippen molar-refractivity contribution in [2.75, 3.05) is 12.4 Å². The van der Waals surface area contributed by atoms with E-state index in [4.69, 9.17) is 4.74 Å². The Hall–Kier alpha value is -2.65. The van der Waals surface area contributed by atoms with Crippen molar-refractivity contribution in [2.45, 2.75) is 18.6 Å². The van der Waals surface area contributed by atoms with Crippen LogP contribution < -0.4 is 15.4 Å². The van der Waals surface area contributed by atoms with E-state index in [1.54, 1.807) is 42.7 Å². The van der Waals surface area contributed by atoms with Crippen LogP contribution >= 0.6 is 23.1 Å². The van der Waals surface area contributed by atoms with Gasteiger partial charge in [0, 0.05) is 12.1 Å². The Kier molecular flexibility index (Phi) is 6.25. The smallest absolute Gasteiger partial charge is 0.240 e. The minimum Gasteiger partial charge on any atom is -0.497 e. The number of amides is 2. The fourth-order valence-electron chi connectivity index (χ4n) is 2.30. The molecule has 0 radical (unpaired) electrons. The van der Waals surface area contributed by atoms with Crippen molar-refractivity contribution in [1.29, 1.82) is 0 Å². The van der Waals surface area contributed by atoms with Crippen LogP contribution in [0.15, 0.2) is 52.0 Å². The van der Waals surface area contributed by atoms with E-state index in [0.717, 1.165) is 10.6 Å². The van der Waals surface area contributed by atoms with Gasteiger partial charge in [0.15, 0.2) is 5.17 Å². The zero-order valence-corrected chi connectivity index (χ0v) is 16.4. The molecule has 7 nitrogen and oxygen atoms in total. The van der Waals surface area contributed by atoms with Crippen molar-refractivity contribution >= 4 is 51.5 Å². The van der Waals surface area contributed by atoms with Crippen molar-refractivity contribution in [1.82, 2.24) is 5.32 Å². The second-order valence-corrected chi connectivity index (χ2v) is 7.78. The molecule has 9 heteroatoms. The first-order valence-corrected chi connectivity index (χ1v) is 9.88. The summed E-state index contributed by atoms with van der Waals surface area (Å²) in [5.41, 5.74) is 1.42. The SMILES string of the molecule is COc1ccc(NC(=O)C[C@@H]2S/C(=N\N=C(\C)c3cccs3)NC2=O)cc1. The highest BCUT2D eigenvalue weighted by molar-refractivity contribution is 8.15. The molecule has 3 rings (SSSR count). The molecule has 2 N–H and O–H groups in total. The molecule has 27 heavy (non-hydrogen) atoms. The quantitative estimate of drug-likeness (QED) is 0.574. The highest BCUT2D eigenvalue weighted by Gasteiger charge is 2.32. The number of nitrogens with one attached hydrogen (secondary N) is 2. The number of rotatable bonds is 6. The molecule has 2 aromatic rings. The molecule has 0 unspecified atom stereocenters. The number of thioether (sulfide) groups is 1. The van der Waals surface area contributed by atoms with Crippen molar-refractivity contribution in [3.05, 3.63) is 46.7 Å². The first-order chi connectivity index (χ1) is 13.0. The Morgan fingerprint density at radius 1 is 1.30 bits per heavy atom. The number of carbonyl (C=O) groups excluding carboxylic acids is 2. The van der Waals surface area contributed by atoms with Crippen LogP contribution in [0.1, 0.15) is 18.2 Å². The summed E-state index contributed by atoms with van der Waals surface area (Å²) in [6.07, 6.45) is 0.0508. The summed E-state index contributed by atoms with van der Waals surface area (Å²) in [6, 6.07) is 10.9. The highest BCUT2D eigenvalue weighted by Crippen LogP contribution is 2.23. The van der Waals surface area contributed by atoms with Gasteiger partial charge >= 0.3 is 0 Å². The van der Waals surface area contributed by atoms with E-state index in [-0.39, 0.29) is 18.2 Å². The van der Waals surface area contributed by atoms with Gasteiger partial charge in [-0.3, -0.25) is 9.59 Å². The summed E-state index contributed by atoms with van der Waals surface area (Å²) in [4.78, 5) is 25.3. The van der Waals surface area contributed by atoms with Gasteiger partial charge in [-0.15, -0.1) is 16.4 Å². The lowest BCUT2D eigenvalue weighted by molar-refractivity contribution is -0.122. The molecule has 0 spiro atoms. The number of thiophene rings is 1. The molecule has 1 aliphatic heterocycles. The van der Waals surface area contributed by atoms with Gasteiger partial charge in [-0.2, -0.15) is 5.10 Å². The van der Waals surface area contributed by atoms with Crippen LogP contribution in [0.5, 0.6) is 5.75 Å². The summed E-state index contributed by atoms with van der Waals surface area (Å²) in [7, 11) is 1.58. The fraction of sp³-hybridized carbons (Fsp3) is 0.222. The number of anilines is 1. The number of carbonyl (C=O) groups is 2. The van der Waals surface area contributed by atoms with Crippen LogP contribution in [0.25, 0.3) is 0 Å². The van der Waals surface area contributed by atoms with E-state index in [0.29, 0.717) is 16.6 Å². The number of nitrogens with zero attached hydrogens (tertiary/aromatic N) is 2. The molecular weight excluding hydrogens is 384 g/mol. The zero-order chi connectivity index (χ0) is 19.2. The predicted molar refractivity (Wildman–Crippen MR) is 110 cm³/mol. The minimum atomic E-state index is -0.528. The van der Waals surface area contributed by atoms with Gasteiger partial charge in [0.05, 0.1) is 17.7 Å². The molecule has 1 saturated heterocycles. The van der Waals surface area contributed by atoms with E-state index in [1.165, 1.54) is 11.8 Å². The van der Waals surface area contributed by atoms with E-state index in [2.05, 4.69) is 20.8 Å². The third-order valence-corrected chi connectivity index (χ3v) is 5.74. The van der Waals surface area contributed by atoms with Crippen LogP contribution in [0.4, 0.5) is 5.69 Å². The molecule has 1 aromatic heterocycles. The van der Waals surface area contributed by atoms with Gasteiger partial charge in [0.1, 0.15) is 11.0 Å². The highest BCUT2D eigenvalue weighted by atomic mass is 32.2. The van der Waals surface area contributed by atoms with E-state index < -0.39 is 5.25 Å². The van der Waals surface area contributed by atoms with Crippen molar-refractivity contribution in [3.8, 4) is 5.75 Å². The molecule has 0 saturated carbocycles. The van der Waals surface area contributed by atoms with Crippen molar-refractivity contribution in [3.63, 3.8) is 0 Å². The number of benzene rings is 1. The molecule has 1 atom stereocenters. The zero-order valence-electron chi connectivity index (χ0n) is 14.8. The predicted octanol–water partition coefficient (Wildman–Crippen LogP) is 3.10. The van der Waals surface area contributed by atoms with Gasteiger partial charge in [0.2, 0.25) is 11.8 Å². The van der Waals surface area contributed by atoms with Gasteiger partial charge in [-0.05, 0) is 42.6 Å². The first-order valence-electron chi connectivity index (χ1n) is 8.12. The number of ether oxygens (including phenoxy) is 1. The maximum atomic E-state index is 12.2. The van der Waals surface area contributed by atoms with E-state index >= 15 is 0 Å². The van der Waals surface area contributed by atoms with Crippen LogP contribution in [0.2, 0.25) is 0 Å². The average Bonchev–Trinajstić information content (AvgIpc) is 3.31. The van der Waals surface area contributed by atoms with Crippen molar-refractivity contribution in [2.24, 2.45) is 10.2 Å². The summed E-state index contributed by atoms with van der Waals surface area (Å²) in [5, 5.41) is 15.5. The third-order valence-electron chi connectivity index (χ3n) is 3.69. The van der Waals surface area contributed by atoms with Crippen LogP contribution in [0, 0.1) is 0 Å². The lowest BCUT2D eigenvalue weighted by atomic mass is 10.2. The van der Waals surface area contributed by atoms with Crippen molar-refractivity contribution < 1.29 is 14.3 Å². The Morgan fingerprint density at radius 2 is 2.07 bits per heavy atom. The largest absolute Gasteiger partial charge is 0.497 e. The average molecular weight is 403 g/mol. The normalized spacial score (nSPS) is 18.4. The Morgan fingerprint density at radius 3 is 2.74 bits per heavy atom. The molecule has 0 bridgehead atoms. The van der Waals surface area contributed by atoms with E-state index in [9.17, 15) is 9.59 Å². The van der Waals surface area contributed by atoms with Crippen LogP contribution in [0.3, 0.4) is 0 Å².